The summed E-state index contributed by atoms with van der Waals surface area (Å²) in [6, 6.07) is 64.3. The first-order chi connectivity index (χ1) is 59.1. The maximum absolute atomic E-state index is 13.1. The van der Waals surface area contributed by atoms with E-state index in [1.807, 2.05) is 0 Å². The van der Waals surface area contributed by atoms with Gasteiger partial charge in [0.1, 0.15) is 73.6 Å². The lowest BCUT2D eigenvalue weighted by Crippen LogP contribution is -2.55. The molecule has 16 fully saturated rings. The van der Waals surface area contributed by atoms with E-state index >= 15 is 0 Å². The third-order valence-electron chi connectivity index (χ3n) is 25.8. The van der Waals surface area contributed by atoms with Crippen LogP contribution in [0.15, 0.2) is 211 Å². The van der Waals surface area contributed by atoms with Gasteiger partial charge in [-0.05, 0) is 225 Å². The van der Waals surface area contributed by atoms with Gasteiger partial charge in [-0.25, -0.2) is 9.59 Å². The average Bonchev–Trinajstić information content (AvgIpc) is 0.739. The van der Waals surface area contributed by atoms with Gasteiger partial charge in [0, 0.05) is 47.3 Å². The molecule has 6 aromatic rings. The van der Waals surface area contributed by atoms with Crippen molar-refractivity contribution in [3.8, 4) is 0 Å². The Morgan fingerprint density at radius 2 is 0.577 bits per heavy atom. The fourth-order valence-electron chi connectivity index (χ4n) is 21.5. The van der Waals surface area contributed by atoms with Crippen LogP contribution in [0, 0.1) is 92.7 Å². The van der Waals surface area contributed by atoms with E-state index in [0.717, 1.165) is 77.7 Å². The fourth-order valence-corrected chi connectivity index (χ4v) is 26.3. The van der Waals surface area contributed by atoms with Crippen molar-refractivity contribution < 1.29 is 134 Å². The Kier molecular flexibility index (Phi) is 32.2. The molecule has 0 spiro atoms. The summed E-state index contributed by atoms with van der Waals surface area (Å²) in [6.45, 7) is -1.04. The molecule has 3 N–H and O–H groups in total. The number of carboxylic acid groups (broad SMARTS) is 1. The zero-order valence-corrected chi connectivity index (χ0v) is 71.0. The van der Waals surface area contributed by atoms with Crippen LogP contribution in [0.5, 0.6) is 0 Å². The number of aliphatic hydroxyl groups excluding tert-OH is 2. The van der Waals surface area contributed by atoms with Crippen LogP contribution in [-0.2, 0) is 112 Å². The molecule has 0 amide bonds. The lowest BCUT2D eigenvalue weighted by molar-refractivity contribution is -0.777. The van der Waals surface area contributed by atoms with Crippen molar-refractivity contribution in [3.63, 3.8) is 0 Å². The van der Waals surface area contributed by atoms with Gasteiger partial charge in [0.05, 0.1) is 63.8 Å². The standard InChI is InChI=1S/2C18H15S.C15H18F2O8S.2C13H18O4.C11H14O3.C3H4F2O5S/c2*1-4-10-16(11-5-1)19(17-12-6-2-7-13-17)18-14-8-3-9-15-18;16-15(17,26-25-24-21)13(20)23-2-1-22-12(19)14-5-8-3-9(6-14)11(18)10(4-8)7-14;2*14-1-2-17-12(16)13-5-8-3-9(6-13)11(15)10(4-8)7-13;12-9-7-1-6-2-8(9)5-11(3-6,4-7)10(13)14;1-8-2(6)3(4,5)11-10-9-7/h2*1-15H;8-10,21H,1-7H2;2*8-10,14H,1-7H2;6-8H,1-5H2,(H,13,14);7H,1H3/q2*+1;;;;;/p-2. The number of Topliss-reactive ketones (excluding diaryl/α,β-unsaturated/α-hetero) is 4. The summed E-state index contributed by atoms with van der Waals surface area (Å²) in [4.78, 5) is 125. The van der Waals surface area contributed by atoms with Crippen molar-refractivity contribution in [1.29, 1.82) is 0 Å². The molecule has 22 rings (SSSR count). The summed E-state index contributed by atoms with van der Waals surface area (Å²) in [6.07, 6.45) is 15.7. The summed E-state index contributed by atoms with van der Waals surface area (Å²) in [7, 11) is 0.743. The highest BCUT2D eigenvalue weighted by atomic mass is 32.2. The summed E-state index contributed by atoms with van der Waals surface area (Å²) in [5.74, 6) is -1.60. The highest BCUT2D eigenvalue weighted by Crippen LogP contribution is 2.63. The number of carbonyl (C=O) groups is 10. The number of hydrogen-bond donors (Lipinski definition) is 3. The van der Waals surface area contributed by atoms with E-state index in [9.17, 15) is 75.9 Å². The number of carboxylic acids is 1. The Balaban J connectivity index is 0.000000133. The summed E-state index contributed by atoms with van der Waals surface area (Å²) < 4.78 is 80.5. The maximum atomic E-state index is 13.1. The van der Waals surface area contributed by atoms with Gasteiger partial charge in [0.2, 0.25) is 0 Å². The number of carbonyl (C=O) groups excluding carboxylic acids is 9. The predicted octanol–water partition coefficient (Wildman–Crippen LogP) is 13.4. The zero-order valence-electron chi connectivity index (χ0n) is 67.7. The number of hydrogen-bond acceptors (Lipinski definition) is 25. The molecule has 16 aliphatic carbocycles. The molecule has 0 aliphatic heterocycles. The molecule has 16 saturated carbocycles. The number of alkyl halides is 4. The number of ketones is 4. The number of methoxy groups -OCH3 is 1. The summed E-state index contributed by atoms with van der Waals surface area (Å²) in [5.41, 5.74) is -2.02. The largest absolute Gasteiger partial charge is 0.691 e. The van der Waals surface area contributed by atoms with E-state index < -0.39 is 86.7 Å². The molecule has 0 radical (unpaired) electrons. The van der Waals surface area contributed by atoms with E-state index in [4.69, 9.17) is 29.7 Å². The van der Waals surface area contributed by atoms with Crippen molar-refractivity contribution in [2.75, 3.05) is 46.8 Å². The monoisotopic (exact) mass is 1780 g/mol. The number of esters is 5. The topological polar surface area (TPSA) is 361 Å². The number of ether oxygens (including phenoxy) is 5. The van der Waals surface area contributed by atoms with Crippen molar-refractivity contribution in [2.45, 2.75) is 168 Å². The molecule has 16 bridgehead atoms. The van der Waals surface area contributed by atoms with Crippen molar-refractivity contribution in [1.82, 2.24) is 0 Å². The highest BCUT2D eigenvalue weighted by molar-refractivity contribution is 7.97. The first kappa shape index (κ1) is 93.8. The molecule has 0 saturated heterocycles. The second-order valence-electron chi connectivity index (χ2n) is 33.9. The molecular weight excluding hydrogens is 1680 g/mol. The van der Waals surface area contributed by atoms with Gasteiger partial charge < -0.3 is 49.5 Å². The first-order valence-electron chi connectivity index (χ1n) is 41.3. The van der Waals surface area contributed by atoms with E-state index in [0.29, 0.717) is 98.8 Å². The summed E-state index contributed by atoms with van der Waals surface area (Å²) >= 11 is -1.52. The van der Waals surface area contributed by atoms with Gasteiger partial charge >= 0.3 is 46.3 Å². The summed E-state index contributed by atoms with van der Waals surface area (Å²) in [5, 5.41) is 42.5. The second-order valence-corrected chi connectivity index (χ2v) is 39.5. The zero-order chi connectivity index (χ0) is 87.7. The van der Waals surface area contributed by atoms with Crippen LogP contribution in [0.1, 0.15) is 128 Å². The van der Waals surface area contributed by atoms with E-state index in [1.165, 1.54) is 29.4 Å². The minimum atomic E-state index is -4.13. The quantitative estimate of drug-likeness (QED) is 0.00700. The normalized spacial score (nSPS) is 28.7. The molecule has 660 valence electrons. The van der Waals surface area contributed by atoms with Crippen LogP contribution in [0.4, 0.5) is 17.6 Å². The van der Waals surface area contributed by atoms with Crippen molar-refractivity contribution in [2.24, 2.45) is 92.7 Å². The van der Waals surface area contributed by atoms with E-state index in [2.05, 4.69) is 210 Å². The molecule has 8 atom stereocenters. The van der Waals surface area contributed by atoms with Crippen molar-refractivity contribution >= 4 is 105 Å². The van der Waals surface area contributed by atoms with Gasteiger partial charge in [-0.3, -0.25) is 48.4 Å². The molecule has 0 aromatic heterocycles. The highest BCUT2D eigenvalue weighted by Gasteiger charge is 2.63. The van der Waals surface area contributed by atoms with Gasteiger partial charge in [-0.15, -0.1) is 0 Å². The smallest absolute Gasteiger partial charge is 0.415 e. The Bertz CT molecular complexity index is 4160. The molecule has 123 heavy (non-hydrogen) atoms. The molecule has 6 aromatic carbocycles. The molecule has 8 unspecified atom stereocenters. The molecule has 24 nitrogen and oxygen atoms in total. The molecule has 32 heteroatoms. The van der Waals surface area contributed by atoms with E-state index in [-0.39, 0.29) is 120 Å². The number of halogens is 4. The lowest BCUT2D eigenvalue weighted by atomic mass is 9.49. The third-order valence-corrected chi connectivity index (χ3v) is 31.3. The van der Waals surface area contributed by atoms with Crippen molar-refractivity contribution in [3.05, 3.63) is 182 Å². The minimum Gasteiger partial charge on any atom is -0.691 e. The van der Waals surface area contributed by atoms with Gasteiger partial charge in [-0.2, -0.15) is 26.2 Å². The Hall–Kier alpha value is -8.38. The van der Waals surface area contributed by atoms with Crippen LogP contribution in [0.2, 0.25) is 0 Å². The van der Waals surface area contributed by atoms with Crippen LogP contribution in [-0.4, -0.2) is 132 Å². The first-order valence-corrected chi connectivity index (χ1v) is 45.2. The average molecular weight is 1780 g/mol. The van der Waals surface area contributed by atoms with Gasteiger partial charge in [-0.1, -0.05) is 109 Å². The minimum absolute atomic E-state index is 0.0146. The van der Waals surface area contributed by atoms with Crippen LogP contribution in [0.25, 0.3) is 0 Å². The molecule has 0 heterocycles. The van der Waals surface area contributed by atoms with Crippen LogP contribution >= 0.6 is 24.1 Å². The molecular formula is C91H100F4O24S4. The Morgan fingerprint density at radius 3 is 0.805 bits per heavy atom. The third kappa shape index (κ3) is 22.5. The number of rotatable bonds is 25. The Labute approximate surface area is 724 Å². The SMILES string of the molecule is COC(=O)C(F)(F)SOO[O-].O=C1C2CC3CC1CC(C(=O)O)(C3)C2.O=C1C2CC3CC1CC(C(=O)OCCO)(C3)C2.O=C1C2CC3CC1CC(C(=O)OCCO)(C3)C2.O=C1C2CC3CC1CC(C(=O)OCCOC(=O)C(F)(F)SOO[O-])(C3)C2.c1ccc([S+](c2ccccc2)c2ccccc2)cc1.c1ccc([S+](c2ccccc2)c2ccccc2)cc1. The lowest BCUT2D eigenvalue weighted by Gasteiger charge is -2.53. The number of aliphatic carboxylic acids is 1. The van der Waals surface area contributed by atoms with Crippen LogP contribution < -0.4 is 10.5 Å². The van der Waals surface area contributed by atoms with Gasteiger partial charge in [0.25, 0.3) is 0 Å². The van der Waals surface area contributed by atoms with E-state index in [1.54, 1.807) is 0 Å². The van der Waals surface area contributed by atoms with Crippen LogP contribution in [0.3, 0.4) is 0 Å². The predicted molar refractivity (Wildman–Crippen MR) is 434 cm³/mol. The Morgan fingerprint density at radius 1 is 0.358 bits per heavy atom. The van der Waals surface area contributed by atoms with Gasteiger partial charge in [0.15, 0.2) is 29.4 Å². The number of aliphatic hydroxyl groups is 2. The fraction of sp³-hybridized carbons (Fsp3) is 0.495. The second kappa shape index (κ2) is 42.3. The molecule has 16 aliphatic rings. The maximum Gasteiger partial charge on any atom is 0.415 e. The number of benzene rings is 6.